The predicted molar refractivity (Wildman–Crippen MR) is 135 cm³/mol. The summed E-state index contributed by atoms with van der Waals surface area (Å²) in [5.41, 5.74) is 4.99. The first-order valence-corrected chi connectivity index (χ1v) is 12.3. The number of methoxy groups -OCH3 is 1. The molecule has 5 nitrogen and oxygen atoms in total. The Labute approximate surface area is 204 Å². The van der Waals surface area contributed by atoms with E-state index in [-0.39, 0.29) is 11.7 Å². The molecule has 178 valence electrons. The maximum Gasteiger partial charge on any atom is 0.225 e. The van der Waals surface area contributed by atoms with Crippen molar-refractivity contribution >= 4 is 16.9 Å². The van der Waals surface area contributed by atoms with Crippen LogP contribution in [-0.4, -0.2) is 40.6 Å². The van der Waals surface area contributed by atoms with Crippen molar-refractivity contribution in [3.8, 4) is 28.3 Å². The Morgan fingerprint density at radius 3 is 2.34 bits per heavy atom. The van der Waals surface area contributed by atoms with Gasteiger partial charge in [-0.3, -0.25) is 4.79 Å². The fourth-order valence-electron chi connectivity index (χ4n) is 5.12. The minimum atomic E-state index is -0.237. The lowest BCUT2D eigenvalue weighted by molar-refractivity contribution is -0.131. The van der Waals surface area contributed by atoms with Gasteiger partial charge in [-0.05, 0) is 60.6 Å². The fourth-order valence-corrected chi connectivity index (χ4v) is 5.12. The number of hydrogen-bond acceptors (Lipinski definition) is 3. The van der Waals surface area contributed by atoms with E-state index in [1.807, 2.05) is 18.2 Å². The summed E-state index contributed by atoms with van der Waals surface area (Å²) in [7, 11) is 1.68. The molecule has 1 saturated carbocycles. The number of amides is 1. The summed E-state index contributed by atoms with van der Waals surface area (Å²) in [6.07, 6.45) is 3.10. The molecule has 1 unspecified atom stereocenters. The number of fused-ring (bicyclic) bond motifs is 1. The van der Waals surface area contributed by atoms with Crippen LogP contribution in [0.2, 0.25) is 0 Å². The molecule has 0 radical (unpaired) electrons. The Hall–Kier alpha value is -3.67. The van der Waals surface area contributed by atoms with Crippen LogP contribution in [0.3, 0.4) is 0 Å². The number of benzene rings is 3. The second-order valence-electron chi connectivity index (χ2n) is 9.70. The molecule has 1 saturated heterocycles. The Balaban J connectivity index is 1.33. The lowest BCUT2D eigenvalue weighted by atomic mass is 10.0. The zero-order chi connectivity index (χ0) is 23.9. The van der Waals surface area contributed by atoms with E-state index in [1.54, 1.807) is 19.2 Å². The first kappa shape index (κ1) is 21.8. The van der Waals surface area contributed by atoms with Gasteiger partial charge in [0.1, 0.15) is 17.4 Å². The average molecular weight is 470 g/mol. The lowest BCUT2D eigenvalue weighted by Gasteiger charge is -2.18. The first-order valence-electron chi connectivity index (χ1n) is 12.3. The highest BCUT2D eigenvalue weighted by molar-refractivity contribution is 5.83. The predicted octanol–water partition coefficient (Wildman–Crippen LogP) is 5.78. The number of halogens is 1. The third kappa shape index (κ3) is 4.29. The summed E-state index contributed by atoms with van der Waals surface area (Å²) in [4.78, 5) is 19.6. The molecule has 2 aliphatic rings. The minimum absolute atomic E-state index is 0.237. The fraction of sp³-hybridized carbons (Fsp3) is 0.310. The molecule has 1 aromatic heterocycles. The van der Waals surface area contributed by atoms with E-state index < -0.39 is 0 Å². The van der Waals surface area contributed by atoms with Crippen LogP contribution >= 0.6 is 0 Å². The van der Waals surface area contributed by atoms with Crippen molar-refractivity contribution in [2.24, 2.45) is 11.8 Å². The number of imidazole rings is 1. The highest BCUT2D eigenvalue weighted by Crippen LogP contribution is 2.35. The summed E-state index contributed by atoms with van der Waals surface area (Å²) in [5.74, 6) is 2.46. The van der Waals surface area contributed by atoms with Gasteiger partial charge in [-0.15, -0.1) is 0 Å². The van der Waals surface area contributed by atoms with Crippen LogP contribution in [0.4, 0.5) is 4.39 Å². The van der Waals surface area contributed by atoms with Crippen molar-refractivity contribution in [1.29, 1.82) is 0 Å². The monoisotopic (exact) mass is 469 g/mol. The van der Waals surface area contributed by atoms with Gasteiger partial charge >= 0.3 is 0 Å². The second-order valence-corrected chi connectivity index (χ2v) is 9.70. The Morgan fingerprint density at radius 1 is 0.971 bits per heavy atom. The number of likely N-dealkylation sites (tertiary alicyclic amines) is 1. The minimum Gasteiger partial charge on any atom is -0.497 e. The molecule has 3 aromatic carbocycles. The van der Waals surface area contributed by atoms with Gasteiger partial charge in [0.05, 0.1) is 18.1 Å². The van der Waals surface area contributed by atoms with E-state index in [9.17, 15) is 9.18 Å². The highest BCUT2D eigenvalue weighted by Gasteiger charge is 2.36. The van der Waals surface area contributed by atoms with Crippen molar-refractivity contribution in [1.82, 2.24) is 14.5 Å². The quantitative estimate of drug-likeness (QED) is 0.360. The number of nitrogens with zero attached hydrogens (tertiary/aromatic N) is 3. The summed E-state index contributed by atoms with van der Waals surface area (Å²) < 4.78 is 21.1. The number of ether oxygens (including phenoxy) is 1. The number of carbonyl (C=O) groups excluding carboxylic acids is 1. The van der Waals surface area contributed by atoms with Crippen LogP contribution in [0.15, 0.2) is 66.7 Å². The SMILES string of the molecule is COc1ccc2nc(-c3ccc(-c4ccc(F)cc4)cc3)n(CC3CCN(C(=O)C4CC4)C3)c2c1. The molecular weight excluding hydrogens is 441 g/mol. The van der Waals surface area contributed by atoms with Gasteiger partial charge < -0.3 is 14.2 Å². The molecular formula is C29H28FN3O2. The van der Waals surface area contributed by atoms with E-state index in [4.69, 9.17) is 9.72 Å². The van der Waals surface area contributed by atoms with Crippen LogP contribution in [-0.2, 0) is 11.3 Å². The Kier molecular flexibility index (Phi) is 5.51. The van der Waals surface area contributed by atoms with Gasteiger partial charge in [-0.25, -0.2) is 9.37 Å². The highest BCUT2D eigenvalue weighted by atomic mass is 19.1. The average Bonchev–Trinajstić information content (AvgIpc) is 3.54. The maximum absolute atomic E-state index is 13.3. The second kappa shape index (κ2) is 8.84. The van der Waals surface area contributed by atoms with Crippen LogP contribution in [0.25, 0.3) is 33.5 Å². The molecule has 1 aliphatic heterocycles. The smallest absolute Gasteiger partial charge is 0.225 e. The summed E-state index contributed by atoms with van der Waals surface area (Å²) in [6, 6.07) is 20.8. The molecule has 0 N–H and O–H groups in total. The van der Waals surface area contributed by atoms with Crippen molar-refractivity contribution in [2.75, 3.05) is 20.2 Å². The van der Waals surface area contributed by atoms with Gasteiger partial charge in [-0.1, -0.05) is 36.4 Å². The van der Waals surface area contributed by atoms with Crippen LogP contribution in [0.5, 0.6) is 5.75 Å². The molecule has 1 atom stereocenters. The zero-order valence-corrected chi connectivity index (χ0v) is 19.8. The summed E-state index contributed by atoms with van der Waals surface area (Å²) >= 11 is 0. The first-order chi connectivity index (χ1) is 17.1. The van der Waals surface area contributed by atoms with Gasteiger partial charge in [0, 0.05) is 37.2 Å². The van der Waals surface area contributed by atoms with Crippen molar-refractivity contribution in [3.63, 3.8) is 0 Å². The molecule has 6 rings (SSSR count). The van der Waals surface area contributed by atoms with Crippen LogP contribution in [0, 0.1) is 17.7 Å². The Bertz CT molecular complexity index is 1370. The van der Waals surface area contributed by atoms with Crippen molar-refractivity contribution in [2.45, 2.75) is 25.8 Å². The zero-order valence-electron chi connectivity index (χ0n) is 19.8. The molecule has 4 aromatic rings. The third-order valence-electron chi connectivity index (χ3n) is 7.24. The van der Waals surface area contributed by atoms with E-state index in [0.29, 0.717) is 11.8 Å². The lowest BCUT2D eigenvalue weighted by Crippen LogP contribution is -2.30. The molecule has 1 amide bonds. The molecule has 35 heavy (non-hydrogen) atoms. The molecule has 6 heteroatoms. The third-order valence-corrected chi connectivity index (χ3v) is 7.24. The topological polar surface area (TPSA) is 47.4 Å². The summed E-state index contributed by atoms with van der Waals surface area (Å²) in [6.45, 7) is 2.45. The molecule has 2 heterocycles. The number of rotatable bonds is 6. The maximum atomic E-state index is 13.3. The van der Waals surface area contributed by atoms with E-state index in [0.717, 1.165) is 78.2 Å². The van der Waals surface area contributed by atoms with Crippen molar-refractivity contribution < 1.29 is 13.9 Å². The van der Waals surface area contributed by atoms with Gasteiger partial charge in [0.25, 0.3) is 0 Å². The molecule has 0 bridgehead atoms. The number of aromatic nitrogens is 2. The van der Waals surface area contributed by atoms with E-state index in [2.05, 4.69) is 33.7 Å². The number of hydrogen-bond donors (Lipinski definition) is 0. The standard InChI is InChI=1S/C29H28FN3O2/c1-35-25-12-13-26-27(16-25)33(18-19-14-15-32(17-19)29(34)23-6-7-23)28(31-26)22-4-2-20(3-5-22)21-8-10-24(30)11-9-21/h2-5,8-13,16,19,23H,6-7,14-15,17-18H2,1H3. The molecule has 1 aliphatic carbocycles. The Morgan fingerprint density at radius 2 is 1.66 bits per heavy atom. The van der Waals surface area contributed by atoms with Gasteiger partial charge in [0.15, 0.2) is 0 Å². The van der Waals surface area contributed by atoms with Gasteiger partial charge in [0.2, 0.25) is 5.91 Å². The number of carbonyl (C=O) groups is 1. The van der Waals surface area contributed by atoms with Gasteiger partial charge in [-0.2, -0.15) is 0 Å². The summed E-state index contributed by atoms with van der Waals surface area (Å²) in [5, 5.41) is 0. The van der Waals surface area contributed by atoms with E-state index in [1.165, 1.54) is 12.1 Å². The van der Waals surface area contributed by atoms with Crippen molar-refractivity contribution in [3.05, 3.63) is 72.5 Å². The van der Waals surface area contributed by atoms with Crippen LogP contribution in [0.1, 0.15) is 19.3 Å². The molecule has 2 fully saturated rings. The van der Waals surface area contributed by atoms with E-state index >= 15 is 0 Å². The van der Waals surface area contributed by atoms with Crippen LogP contribution < -0.4 is 4.74 Å². The molecule has 0 spiro atoms. The normalized spacial score (nSPS) is 17.8. The largest absolute Gasteiger partial charge is 0.497 e.